The van der Waals surface area contributed by atoms with Gasteiger partial charge < -0.3 is 5.32 Å². The molecule has 0 bridgehead atoms. The van der Waals surface area contributed by atoms with Gasteiger partial charge in [0.25, 0.3) is 0 Å². The molecule has 0 aromatic carbocycles. The Labute approximate surface area is 82.6 Å². The van der Waals surface area contributed by atoms with Crippen molar-refractivity contribution in [2.75, 3.05) is 6.54 Å². The highest BCUT2D eigenvalue weighted by molar-refractivity contribution is 8.01. The summed E-state index contributed by atoms with van der Waals surface area (Å²) in [6.07, 6.45) is 1.92. The number of hydrogen-bond acceptors (Lipinski definition) is 3. The maximum atomic E-state index is 11.3. The largest absolute Gasteiger partial charge is 0.355 e. The van der Waals surface area contributed by atoms with Crippen LogP contribution in [0.5, 0.6) is 0 Å². The first-order chi connectivity index (χ1) is 6.11. The molecule has 0 aliphatic carbocycles. The van der Waals surface area contributed by atoms with Gasteiger partial charge in [0.2, 0.25) is 5.91 Å². The molecule has 0 aromatic rings. The van der Waals surface area contributed by atoms with Gasteiger partial charge in [-0.15, -0.1) is 11.8 Å². The molecule has 0 spiro atoms. The zero-order valence-electron chi connectivity index (χ0n) is 8.00. The van der Waals surface area contributed by atoms with Crippen molar-refractivity contribution in [2.45, 2.75) is 37.2 Å². The van der Waals surface area contributed by atoms with Gasteiger partial charge in [-0.25, -0.2) is 0 Å². The highest BCUT2D eigenvalue weighted by Gasteiger charge is 2.25. The molecule has 0 radical (unpaired) electrons. The summed E-state index contributed by atoms with van der Waals surface area (Å²) < 4.78 is 0. The van der Waals surface area contributed by atoms with Crippen LogP contribution in [0.4, 0.5) is 0 Å². The second kappa shape index (κ2) is 4.65. The number of rotatable bonds is 3. The van der Waals surface area contributed by atoms with E-state index in [1.165, 1.54) is 11.8 Å². The van der Waals surface area contributed by atoms with Crippen LogP contribution in [0.2, 0.25) is 0 Å². The van der Waals surface area contributed by atoms with Crippen LogP contribution in [0.3, 0.4) is 0 Å². The zero-order chi connectivity index (χ0) is 9.84. The average molecular weight is 201 g/mol. The first-order valence-electron chi connectivity index (χ1n) is 4.55. The van der Waals surface area contributed by atoms with Crippen LogP contribution in [0, 0.1) is 0 Å². The average Bonchev–Trinajstić information content (AvgIpc) is 2.08. The third-order valence-electron chi connectivity index (χ3n) is 2.18. The summed E-state index contributed by atoms with van der Waals surface area (Å²) in [5.41, 5.74) is 0. The minimum atomic E-state index is -0.0613. The van der Waals surface area contributed by atoms with E-state index in [-0.39, 0.29) is 22.2 Å². The van der Waals surface area contributed by atoms with Crippen LogP contribution in [-0.2, 0) is 9.59 Å². The molecule has 1 aliphatic heterocycles. The predicted octanol–water partition coefficient (Wildman–Crippen LogP) is 0.976. The van der Waals surface area contributed by atoms with E-state index in [1.807, 2.05) is 6.92 Å². The molecule has 74 valence electrons. The second-order valence-corrected chi connectivity index (χ2v) is 4.86. The van der Waals surface area contributed by atoms with Crippen LogP contribution in [0.1, 0.15) is 26.7 Å². The SMILES string of the molecule is CC(=O)C(C)SC1CCCNC1=O. The summed E-state index contributed by atoms with van der Waals surface area (Å²) in [6.45, 7) is 4.21. The van der Waals surface area contributed by atoms with Crippen molar-refractivity contribution in [3.05, 3.63) is 0 Å². The smallest absolute Gasteiger partial charge is 0.233 e. The van der Waals surface area contributed by atoms with Crippen molar-refractivity contribution in [1.82, 2.24) is 5.32 Å². The van der Waals surface area contributed by atoms with Gasteiger partial charge in [0.05, 0.1) is 10.5 Å². The number of Topliss-reactive ketones (excluding diaryl/α,β-unsaturated/α-hetero) is 1. The minimum absolute atomic E-state index is 0.0207. The summed E-state index contributed by atoms with van der Waals surface area (Å²) in [5, 5.41) is 2.72. The molecular formula is C9H15NO2S. The molecule has 1 saturated heterocycles. The molecule has 1 fully saturated rings. The lowest BCUT2D eigenvalue weighted by molar-refractivity contribution is -0.121. The van der Waals surface area contributed by atoms with E-state index in [0.717, 1.165) is 19.4 Å². The molecule has 3 nitrogen and oxygen atoms in total. The second-order valence-electron chi connectivity index (χ2n) is 3.31. The Morgan fingerprint density at radius 1 is 1.69 bits per heavy atom. The normalized spacial score (nSPS) is 25.1. The number of ketones is 1. The summed E-state index contributed by atoms with van der Waals surface area (Å²) in [6, 6.07) is 0. The molecule has 2 unspecified atom stereocenters. The number of amides is 1. The first-order valence-corrected chi connectivity index (χ1v) is 5.49. The third-order valence-corrected chi connectivity index (χ3v) is 3.69. The first kappa shape index (κ1) is 10.6. The number of carbonyl (C=O) groups excluding carboxylic acids is 2. The molecule has 1 rings (SSSR count). The third kappa shape index (κ3) is 3.03. The Balaban J connectivity index is 2.42. The van der Waals surface area contributed by atoms with Gasteiger partial charge in [-0.1, -0.05) is 0 Å². The molecule has 1 heterocycles. The summed E-state index contributed by atoms with van der Waals surface area (Å²) in [7, 11) is 0. The van der Waals surface area contributed by atoms with Gasteiger partial charge in [0.15, 0.2) is 0 Å². The molecule has 0 aromatic heterocycles. The van der Waals surface area contributed by atoms with Gasteiger partial charge in [-0.2, -0.15) is 0 Å². The van der Waals surface area contributed by atoms with Crippen LogP contribution < -0.4 is 5.32 Å². The van der Waals surface area contributed by atoms with Crippen molar-refractivity contribution in [3.63, 3.8) is 0 Å². The van der Waals surface area contributed by atoms with E-state index in [0.29, 0.717) is 0 Å². The molecule has 1 N–H and O–H groups in total. The van der Waals surface area contributed by atoms with E-state index >= 15 is 0 Å². The molecule has 0 saturated carbocycles. The van der Waals surface area contributed by atoms with E-state index in [1.54, 1.807) is 6.92 Å². The quantitative estimate of drug-likeness (QED) is 0.740. The molecule has 1 amide bonds. The fraction of sp³-hybridized carbons (Fsp3) is 0.778. The standard InChI is InChI=1S/C9H15NO2S/c1-6(11)7(2)13-8-4-3-5-10-9(8)12/h7-8H,3-5H2,1-2H3,(H,10,12). The lowest BCUT2D eigenvalue weighted by Gasteiger charge is -2.23. The number of hydrogen-bond donors (Lipinski definition) is 1. The molecule has 13 heavy (non-hydrogen) atoms. The minimum Gasteiger partial charge on any atom is -0.355 e. The molecule has 2 atom stereocenters. The molecule has 1 aliphatic rings. The van der Waals surface area contributed by atoms with E-state index in [9.17, 15) is 9.59 Å². The Kier molecular flexibility index (Phi) is 3.78. The van der Waals surface area contributed by atoms with Crippen LogP contribution >= 0.6 is 11.8 Å². The monoisotopic (exact) mass is 201 g/mol. The summed E-state index contributed by atoms with van der Waals surface area (Å²) >= 11 is 1.48. The van der Waals surface area contributed by atoms with Crippen molar-refractivity contribution < 1.29 is 9.59 Å². The lowest BCUT2D eigenvalue weighted by Crippen LogP contribution is -2.39. The Bertz CT molecular complexity index is 218. The topological polar surface area (TPSA) is 46.2 Å². The van der Waals surface area contributed by atoms with Gasteiger partial charge in [0, 0.05) is 6.54 Å². The Hall–Kier alpha value is -0.510. The van der Waals surface area contributed by atoms with Crippen molar-refractivity contribution in [1.29, 1.82) is 0 Å². The lowest BCUT2D eigenvalue weighted by atomic mass is 10.1. The number of thioether (sulfide) groups is 1. The van der Waals surface area contributed by atoms with Crippen molar-refractivity contribution in [2.24, 2.45) is 0 Å². The fourth-order valence-corrected chi connectivity index (χ4v) is 2.41. The zero-order valence-corrected chi connectivity index (χ0v) is 8.82. The van der Waals surface area contributed by atoms with Crippen LogP contribution in [-0.4, -0.2) is 28.7 Å². The molecular weight excluding hydrogens is 186 g/mol. The van der Waals surface area contributed by atoms with Gasteiger partial charge in [0.1, 0.15) is 5.78 Å². The van der Waals surface area contributed by atoms with E-state index in [2.05, 4.69) is 5.32 Å². The molecule has 4 heteroatoms. The maximum Gasteiger partial charge on any atom is 0.233 e. The Morgan fingerprint density at radius 2 is 2.38 bits per heavy atom. The number of carbonyl (C=O) groups is 2. The maximum absolute atomic E-state index is 11.3. The Morgan fingerprint density at radius 3 is 2.92 bits per heavy atom. The van der Waals surface area contributed by atoms with Crippen molar-refractivity contribution in [3.8, 4) is 0 Å². The highest BCUT2D eigenvalue weighted by atomic mass is 32.2. The predicted molar refractivity (Wildman–Crippen MR) is 53.8 cm³/mol. The fourth-order valence-electron chi connectivity index (χ4n) is 1.22. The van der Waals surface area contributed by atoms with Crippen molar-refractivity contribution >= 4 is 23.5 Å². The van der Waals surface area contributed by atoms with E-state index in [4.69, 9.17) is 0 Å². The number of nitrogens with one attached hydrogen (secondary N) is 1. The summed E-state index contributed by atoms with van der Waals surface area (Å²) in [5.74, 6) is 0.229. The van der Waals surface area contributed by atoms with E-state index < -0.39 is 0 Å². The van der Waals surface area contributed by atoms with Crippen LogP contribution in [0.15, 0.2) is 0 Å². The highest BCUT2D eigenvalue weighted by Crippen LogP contribution is 2.24. The van der Waals surface area contributed by atoms with Gasteiger partial charge in [-0.3, -0.25) is 9.59 Å². The van der Waals surface area contributed by atoms with Gasteiger partial charge >= 0.3 is 0 Å². The number of piperidine rings is 1. The van der Waals surface area contributed by atoms with Gasteiger partial charge in [-0.05, 0) is 26.7 Å². The van der Waals surface area contributed by atoms with Crippen LogP contribution in [0.25, 0.3) is 0 Å². The summed E-state index contributed by atoms with van der Waals surface area (Å²) in [4.78, 5) is 22.3.